The second kappa shape index (κ2) is 8.78. The predicted octanol–water partition coefficient (Wildman–Crippen LogP) is 3.31. The number of benzene rings is 2. The zero-order chi connectivity index (χ0) is 16.5. The van der Waals surface area contributed by atoms with Crippen LogP contribution in [0, 0.1) is 5.82 Å². The Morgan fingerprint density at radius 1 is 1.00 bits per heavy atom. The average Bonchev–Trinajstić information content (AvgIpc) is 2.56. The largest absolute Gasteiger partial charge is 0.494 e. The normalized spacial score (nSPS) is 10.2. The fraction of sp³-hybridized carbons (Fsp3) is 0.278. The molecule has 1 N–H and O–H groups in total. The van der Waals surface area contributed by atoms with Gasteiger partial charge in [-0.1, -0.05) is 12.1 Å². The number of carbonyl (C=O) groups excluding carboxylic acids is 1. The van der Waals surface area contributed by atoms with Gasteiger partial charge >= 0.3 is 0 Å². The maximum absolute atomic E-state index is 12.8. The maximum atomic E-state index is 12.8. The highest BCUT2D eigenvalue weighted by atomic mass is 19.1. The molecule has 0 saturated carbocycles. The summed E-state index contributed by atoms with van der Waals surface area (Å²) in [7, 11) is 0. The van der Waals surface area contributed by atoms with E-state index in [1.54, 1.807) is 24.3 Å². The highest BCUT2D eigenvalue weighted by Gasteiger charge is 2.03. The summed E-state index contributed by atoms with van der Waals surface area (Å²) in [5, 5.41) is 2.77. The molecule has 0 atom stereocenters. The summed E-state index contributed by atoms with van der Waals surface area (Å²) >= 11 is 0. The molecule has 1 amide bonds. The van der Waals surface area contributed by atoms with E-state index in [2.05, 4.69) is 5.32 Å². The summed E-state index contributed by atoms with van der Waals surface area (Å²) in [6, 6.07) is 13.3. The number of ether oxygens (including phenoxy) is 2. The Kier molecular flexibility index (Phi) is 6.41. The number of carbonyl (C=O) groups is 1. The van der Waals surface area contributed by atoms with Gasteiger partial charge in [-0.15, -0.1) is 0 Å². The topological polar surface area (TPSA) is 47.6 Å². The van der Waals surface area contributed by atoms with Crippen LogP contribution in [0.5, 0.6) is 11.5 Å². The van der Waals surface area contributed by atoms with E-state index in [0.717, 1.165) is 11.3 Å². The number of rotatable bonds is 8. The van der Waals surface area contributed by atoms with Crippen LogP contribution in [0.4, 0.5) is 4.39 Å². The van der Waals surface area contributed by atoms with E-state index < -0.39 is 0 Å². The van der Waals surface area contributed by atoms with Gasteiger partial charge in [-0.3, -0.25) is 4.79 Å². The molecule has 23 heavy (non-hydrogen) atoms. The Morgan fingerprint density at radius 3 is 2.22 bits per heavy atom. The minimum absolute atomic E-state index is 0.111. The summed E-state index contributed by atoms with van der Waals surface area (Å²) in [5.41, 5.74) is 0.854. The third kappa shape index (κ3) is 5.98. The van der Waals surface area contributed by atoms with Gasteiger partial charge in [0.2, 0.25) is 5.91 Å². The lowest BCUT2D eigenvalue weighted by Crippen LogP contribution is -2.24. The van der Waals surface area contributed by atoms with E-state index in [4.69, 9.17) is 9.47 Å². The van der Waals surface area contributed by atoms with Crippen LogP contribution < -0.4 is 14.8 Å². The lowest BCUT2D eigenvalue weighted by Gasteiger charge is -2.08. The van der Waals surface area contributed by atoms with E-state index in [1.165, 1.54) is 12.1 Å². The number of hydrogen-bond acceptors (Lipinski definition) is 3. The monoisotopic (exact) mass is 317 g/mol. The number of amides is 1. The third-order valence-electron chi connectivity index (χ3n) is 3.14. The summed E-state index contributed by atoms with van der Waals surface area (Å²) in [6.07, 6.45) is 0.258. The van der Waals surface area contributed by atoms with Crippen LogP contribution in [0.3, 0.4) is 0 Å². The van der Waals surface area contributed by atoms with Crippen LogP contribution >= 0.6 is 0 Å². The fourth-order valence-corrected chi connectivity index (χ4v) is 1.95. The van der Waals surface area contributed by atoms with Crippen molar-refractivity contribution in [3.8, 4) is 11.5 Å². The van der Waals surface area contributed by atoms with Crippen LogP contribution in [0.1, 0.15) is 18.9 Å². The highest BCUT2D eigenvalue weighted by molar-refractivity contribution is 5.75. The van der Waals surface area contributed by atoms with Crippen molar-refractivity contribution < 1.29 is 18.7 Å². The number of halogens is 1. The molecular formula is C18H20FNO3. The van der Waals surface area contributed by atoms with Crippen molar-refractivity contribution in [3.63, 3.8) is 0 Å². The van der Waals surface area contributed by atoms with Crippen molar-refractivity contribution in [2.24, 2.45) is 0 Å². The fourth-order valence-electron chi connectivity index (χ4n) is 1.95. The van der Waals surface area contributed by atoms with Gasteiger partial charge in [0.15, 0.2) is 0 Å². The number of hydrogen-bond donors (Lipinski definition) is 1. The van der Waals surface area contributed by atoms with Crippen LogP contribution in [0.15, 0.2) is 48.5 Å². The van der Waals surface area contributed by atoms with Crippen molar-refractivity contribution in [2.75, 3.05) is 13.2 Å². The molecule has 2 aromatic rings. The molecule has 122 valence electrons. The Morgan fingerprint density at radius 2 is 1.61 bits per heavy atom. The molecule has 0 bridgehead atoms. The van der Waals surface area contributed by atoms with Gasteiger partial charge in [-0.2, -0.15) is 0 Å². The molecule has 0 aliphatic heterocycles. The maximum Gasteiger partial charge on any atom is 0.223 e. The second-order valence-corrected chi connectivity index (χ2v) is 4.91. The molecule has 0 aliphatic carbocycles. The molecule has 0 fully saturated rings. The summed E-state index contributed by atoms with van der Waals surface area (Å²) in [6.45, 7) is 3.22. The second-order valence-electron chi connectivity index (χ2n) is 4.91. The number of nitrogens with one attached hydrogen (secondary N) is 1. The minimum atomic E-state index is -0.288. The molecule has 0 heterocycles. The molecule has 5 heteroatoms. The van der Waals surface area contributed by atoms with E-state index in [-0.39, 0.29) is 18.1 Å². The molecule has 2 rings (SSSR count). The standard InChI is InChI=1S/C18H20FNO3/c1-2-22-16-7-9-17(10-8-16)23-12-11-18(21)20-13-14-3-5-15(19)6-4-14/h3-10H,2,11-13H2,1H3,(H,20,21). The minimum Gasteiger partial charge on any atom is -0.494 e. The van der Waals surface area contributed by atoms with Gasteiger partial charge in [0.25, 0.3) is 0 Å². The van der Waals surface area contributed by atoms with E-state index in [9.17, 15) is 9.18 Å². The van der Waals surface area contributed by atoms with Crippen LogP contribution in [-0.4, -0.2) is 19.1 Å². The van der Waals surface area contributed by atoms with Crippen molar-refractivity contribution >= 4 is 5.91 Å². The Bertz CT molecular complexity index is 611. The van der Waals surface area contributed by atoms with Gasteiger partial charge < -0.3 is 14.8 Å². The first-order chi connectivity index (χ1) is 11.2. The Hall–Kier alpha value is -2.56. The zero-order valence-electron chi connectivity index (χ0n) is 13.0. The molecule has 4 nitrogen and oxygen atoms in total. The van der Waals surface area contributed by atoms with Gasteiger partial charge in [0.05, 0.1) is 19.6 Å². The molecule has 2 aromatic carbocycles. The van der Waals surface area contributed by atoms with Crippen molar-refractivity contribution in [2.45, 2.75) is 19.9 Å². The van der Waals surface area contributed by atoms with Gasteiger partial charge in [-0.05, 0) is 48.9 Å². The van der Waals surface area contributed by atoms with Crippen molar-refractivity contribution in [1.29, 1.82) is 0 Å². The molecule has 0 spiro atoms. The third-order valence-corrected chi connectivity index (χ3v) is 3.14. The lowest BCUT2D eigenvalue weighted by molar-refractivity contribution is -0.121. The molecule has 0 unspecified atom stereocenters. The van der Waals surface area contributed by atoms with Gasteiger partial charge in [-0.25, -0.2) is 4.39 Å². The summed E-state index contributed by atoms with van der Waals surface area (Å²) < 4.78 is 23.6. The van der Waals surface area contributed by atoms with Crippen molar-refractivity contribution in [3.05, 3.63) is 59.9 Å². The van der Waals surface area contributed by atoms with E-state index in [1.807, 2.05) is 19.1 Å². The Labute approximate surface area is 135 Å². The smallest absolute Gasteiger partial charge is 0.223 e. The molecule has 0 radical (unpaired) electrons. The quantitative estimate of drug-likeness (QED) is 0.812. The summed E-state index contributed by atoms with van der Waals surface area (Å²) in [5.74, 6) is 1.08. The van der Waals surface area contributed by atoms with E-state index in [0.29, 0.717) is 25.5 Å². The average molecular weight is 317 g/mol. The predicted molar refractivity (Wildman–Crippen MR) is 86.0 cm³/mol. The van der Waals surface area contributed by atoms with Crippen molar-refractivity contribution in [1.82, 2.24) is 5.32 Å². The Balaban J connectivity index is 1.67. The highest BCUT2D eigenvalue weighted by Crippen LogP contribution is 2.17. The molecule has 0 aromatic heterocycles. The molecule has 0 saturated heterocycles. The van der Waals surface area contributed by atoms with Crippen LogP contribution in [0.2, 0.25) is 0 Å². The first-order valence-electron chi connectivity index (χ1n) is 7.54. The lowest BCUT2D eigenvalue weighted by atomic mass is 10.2. The SMILES string of the molecule is CCOc1ccc(OCCC(=O)NCc2ccc(F)cc2)cc1. The zero-order valence-corrected chi connectivity index (χ0v) is 13.0. The first kappa shape index (κ1) is 16.8. The van der Waals surface area contributed by atoms with E-state index >= 15 is 0 Å². The van der Waals surface area contributed by atoms with Crippen LogP contribution in [0.25, 0.3) is 0 Å². The molecular weight excluding hydrogens is 297 g/mol. The van der Waals surface area contributed by atoms with Gasteiger partial charge in [0, 0.05) is 6.54 Å². The van der Waals surface area contributed by atoms with Crippen LogP contribution in [-0.2, 0) is 11.3 Å². The first-order valence-corrected chi connectivity index (χ1v) is 7.54. The van der Waals surface area contributed by atoms with Gasteiger partial charge in [0.1, 0.15) is 17.3 Å². The molecule has 0 aliphatic rings. The summed E-state index contributed by atoms with van der Waals surface area (Å²) in [4.78, 5) is 11.7.